The lowest BCUT2D eigenvalue weighted by Gasteiger charge is -2.25. The number of ether oxygens (including phenoxy) is 1. The van der Waals surface area contributed by atoms with Crippen molar-refractivity contribution in [1.82, 2.24) is 9.47 Å². The van der Waals surface area contributed by atoms with Crippen LogP contribution in [0.2, 0.25) is 0 Å². The first kappa shape index (κ1) is 21.6. The topological polar surface area (TPSA) is 37.6 Å². The summed E-state index contributed by atoms with van der Waals surface area (Å²) >= 11 is 0. The van der Waals surface area contributed by atoms with E-state index in [4.69, 9.17) is 11.2 Å². The number of aromatic nitrogens is 1. The van der Waals surface area contributed by atoms with Crippen LogP contribution in [0.5, 0.6) is 0 Å². The van der Waals surface area contributed by atoms with Crippen LogP contribution in [0.4, 0.5) is 0 Å². The maximum Gasteiger partial charge on any atom is 0.107 e. The van der Waals surface area contributed by atoms with Crippen LogP contribution in [0.3, 0.4) is 0 Å². The quantitative estimate of drug-likeness (QED) is 0.492. The van der Waals surface area contributed by atoms with Crippen molar-refractivity contribution >= 4 is 0 Å². The highest BCUT2D eigenvalue weighted by atomic mass is 16.5. The lowest BCUT2D eigenvalue weighted by Crippen LogP contribution is -2.36. The lowest BCUT2D eigenvalue weighted by atomic mass is 9.87. The molecule has 1 aromatic carbocycles. The van der Waals surface area contributed by atoms with Crippen molar-refractivity contribution in [1.29, 1.82) is 0 Å². The molecule has 1 aromatic heterocycles. The van der Waals surface area contributed by atoms with Crippen LogP contribution < -0.4 is 0 Å². The van der Waals surface area contributed by atoms with Gasteiger partial charge in [0.05, 0.1) is 12.7 Å². The molecule has 4 nitrogen and oxygen atoms in total. The summed E-state index contributed by atoms with van der Waals surface area (Å²) in [6, 6.07) is 13.8. The van der Waals surface area contributed by atoms with Crippen LogP contribution in [0.15, 0.2) is 42.6 Å². The number of aliphatic hydroxyl groups is 1. The standard InChI is InChI=1S/C25H34N2O2/c1-5-15-29-19-24(28)18-27(22-12-13-22)17-23-7-6-14-26(23)16-20-8-10-21(11-9-20)25(2,3)4/h1,6-11,14,22,24,28H,12-13,15-19H2,2-4H3/t24-/m1/s1. The van der Waals surface area contributed by atoms with Crippen molar-refractivity contribution in [3.63, 3.8) is 0 Å². The minimum Gasteiger partial charge on any atom is -0.389 e. The van der Waals surface area contributed by atoms with Crippen LogP contribution in [-0.4, -0.2) is 46.5 Å². The third-order valence-electron chi connectivity index (χ3n) is 5.47. The maximum absolute atomic E-state index is 10.3. The third kappa shape index (κ3) is 6.47. The highest BCUT2D eigenvalue weighted by Crippen LogP contribution is 2.29. The second-order valence-electron chi connectivity index (χ2n) is 9.11. The highest BCUT2D eigenvalue weighted by Gasteiger charge is 2.30. The number of rotatable bonds is 10. The van der Waals surface area contributed by atoms with E-state index in [9.17, 15) is 5.11 Å². The SMILES string of the molecule is C#CCOC[C@H](O)CN(Cc1cccn1Cc1ccc(C(C)(C)C)cc1)C1CC1. The molecule has 2 aromatic rings. The summed E-state index contributed by atoms with van der Waals surface area (Å²) in [5.74, 6) is 2.44. The summed E-state index contributed by atoms with van der Waals surface area (Å²) in [5, 5.41) is 10.3. The molecule has 0 spiro atoms. The largest absolute Gasteiger partial charge is 0.389 e. The van der Waals surface area contributed by atoms with Crippen molar-refractivity contribution in [2.45, 2.75) is 64.3 Å². The number of hydrogen-bond donors (Lipinski definition) is 1. The summed E-state index contributed by atoms with van der Waals surface area (Å²) in [5.41, 5.74) is 4.10. The predicted molar refractivity (Wildman–Crippen MR) is 118 cm³/mol. The number of terminal acetylenes is 1. The molecule has 0 radical (unpaired) electrons. The van der Waals surface area contributed by atoms with E-state index in [1.54, 1.807) is 0 Å². The Bertz CT molecular complexity index is 807. The van der Waals surface area contributed by atoms with Gasteiger partial charge in [0.2, 0.25) is 0 Å². The minimum absolute atomic E-state index is 0.173. The van der Waals surface area contributed by atoms with E-state index in [1.807, 2.05) is 0 Å². The Balaban J connectivity index is 1.62. The molecule has 0 unspecified atom stereocenters. The van der Waals surface area contributed by atoms with Crippen LogP contribution in [0, 0.1) is 12.3 Å². The average molecular weight is 395 g/mol. The van der Waals surface area contributed by atoms with E-state index < -0.39 is 6.10 Å². The smallest absolute Gasteiger partial charge is 0.107 e. The highest BCUT2D eigenvalue weighted by molar-refractivity contribution is 5.28. The molecule has 3 rings (SSSR count). The van der Waals surface area contributed by atoms with Gasteiger partial charge in [-0.3, -0.25) is 4.90 Å². The van der Waals surface area contributed by atoms with Gasteiger partial charge in [-0.15, -0.1) is 6.42 Å². The van der Waals surface area contributed by atoms with Gasteiger partial charge in [0.15, 0.2) is 0 Å². The van der Waals surface area contributed by atoms with Crippen molar-refractivity contribution in [3.05, 3.63) is 59.4 Å². The number of hydrogen-bond acceptors (Lipinski definition) is 3. The molecule has 1 aliphatic rings. The summed E-state index contributed by atoms with van der Waals surface area (Å²) in [7, 11) is 0. The van der Waals surface area contributed by atoms with E-state index >= 15 is 0 Å². The van der Waals surface area contributed by atoms with Crippen molar-refractivity contribution in [3.8, 4) is 12.3 Å². The van der Waals surface area contributed by atoms with Crippen molar-refractivity contribution < 1.29 is 9.84 Å². The fourth-order valence-corrected chi connectivity index (χ4v) is 3.62. The first-order valence-corrected chi connectivity index (χ1v) is 10.5. The Morgan fingerprint density at radius 1 is 1.24 bits per heavy atom. The van der Waals surface area contributed by atoms with Gasteiger partial charge in [-0.2, -0.15) is 0 Å². The van der Waals surface area contributed by atoms with Gasteiger partial charge in [0, 0.05) is 37.6 Å². The molecule has 0 amide bonds. The van der Waals surface area contributed by atoms with E-state index in [1.165, 1.54) is 29.7 Å². The molecular formula is C25H34N2O2. The van der Waals surface area contributed by atoms with Gasteiger partial charge in [0.1, 0.15) is 6.61 Å². The minimum atomic E-state index is -0.516. The van der Waals surface area contributed by atoms with Crippen LogP contribution >= 0.6 is 0 Å². The number of benzene rings is 1. The van der Waals surface area contributed by atoms with Crippen molar-refractivity contribution in [2.24, 2.45) is 0 Å². The monoisotopic (exact) mass is 394 g/mol. The predicted octanol–water partition coefficient (Wildman–Crippen LogP) is 3.81. The summed E-state index contributed by atoms with van der Waals surface area (Å²) < 4.78 is 7.61. The zero-order chi connectivity index (χ0) is 20.9. The molecule has 1 fully saturated rings. The fourth-order valence-electron chi connectivity index (χ4n) is 3.62. The van der Waals surface area contributed by atoms with Gasteiger partial charge in [0.25, 0.3) is 0 Å². The van der Waals surface area contributed by atoms with Gasteiger partial charge in [-0.05, 0) is 41.5 Å². The molecular weight excluding hydrogens is 360 g/mol. The summed E-state index contributed by atoms with van der Waals surface area (Å²) in [6.07, 6.45) is 9.23. The van der Waals surface area contributed by atoms with Gasteiger partial charge >= 0.3 is 0 Å². The maximum atomic E-state index is 10.3. The Hall–Kier alpha value is -2.06. The molecule has 1 aliphatic carbocycles. The van der Waals surface area contributed by atoms with Gasteiger partial charge in [-0.1, -0.05) is 51.0 Å². The molecule has 29 heavy (non-hydrogen) atoms. The van der Waals surface area contributed by atoms with Crippen LogP contribution in [-0.2, 0) is 23.2 Å². The van der Waals surface area contributed by atoms with Crippen LogP contribution in [0.25, 0.3) is 0 Å². The van der Waals surface area contributed by atoms with E-state index in [0.717, 1.165) is 13.1 Å². The summed E-state index contributed by atoms with van der Waals surface area (Å²) in [6.45, 7) is 9.56. The zero-order valence-electron chi connectivity index (χ0n) is 18.0. The molecule has 0 bridgehead atoms. The van der Waals surface area contributed by atoms with E-state index in [2.05, 4.69) is 78.8 Å². The summed E-state index contributed by atoms with van der Waals surface area (Å²) in [4.78, 5) is 2.37. The molecule has 1 N–H and O–H groups in total. The normalized spacial score (nSPS) is 15.4. The zero-order valence-corrected chi connectivity index (χ0v) is 18.0. The first-order chi connectivity index (χ1) is 13.9. The molecule has 1 saturated carbocycles. The molecule has 1 heterocycles. The number of nitrogens with zero attached hydrogens (tertiary/aromatic N) is 2. The van der Waals surface area contributed by atoms with Crippen molar-refractivity contribution in [2.75, 3.05) is 19.8 Å². The Labute approximate surface area is 175 Å². The average Bonchev–Trinajstić information content (AvgIpc) is 3.43. The Kier molecular flexibility index (Phi) is 7.18. The van der Waals surface area contributed by atoms with Gasteiger partial charge in [-0.25, -0.2) is 0 Å². The van der Waals surface area contributed by atoms with E-state index in [0.29, 0.717) is 12.6 Å². The fraction of sp³-hybridized carbons (Fsp3) is 0.520. The lowest BCUT2D eigenvalue weighted by molar-refractivity contribution is 0.0238. The second-order valence-corrected chi connectivity index (χ2v) is 9.11. The van der Waals surface area contributed by atoms with E-state index in [-0.39, 0.29) is 18.6 Å². The second kappa shape index (κ2) is 9.63. The molecule has 156 valence electrons. The Morgan fingerprint density at radius 3 is 2.59 bits per heavy atom. The number of aliphatic hydroxyl groups excluding tert-OH is 1. The first-order valence-electron chi connectivity index (χ1n) is 10.5. The third-order valence-corrected chi connectivity index (χ3v) is 5.47. The molecule has 0 saturated heterocycles. The molecule has 0 aliphatic heterocycles. The molecule has 4 heteroatoms. The van der Waals surface area contributed by atoms with Crippen LogP contribution in [0.1, 0.15) is 50.4 Å². The molecule has 1 atom stereocenters. The Morgan fingerprint density at radius 2 is 1.97 bits per heavy atom. The van der Waals surface area contributed by atoms with Gasteiger partial charge < -0.3 is 14.4 Å².